The fourth-order valence-corrected chi connectivity index (χ4v) is 2.27. The Morgan fingerprint density at radius 3 is 2.78 bits per heavy atom. The molecule has 18 heavy (non-hydrogen) atoms. The minimum Gasteiger partial charge on any atom is -0.356 e. The highest BCUT2D eigenvalue weighted by atomic mass is 16.1. The predicted molar refractivity (Wildman–Crippen MR) is 75.6 cm³/mol. The predicted octanol–water partition coefficient (Wildman–Crippen LogP) is 1.22. The van der Waals surface area contributed by atoms with Gasteiger partial charge in [0, 0.05) is 31.6 Å². The Labute approximate surface area is 111 Å². The number of rotatable bonds is 6. The van der Waals surface area contributed by atoms with E-state index in [-0.39, 0.29) is 5.91 Å². The third kappa shape index (κ3) is 5.83. The second-order valence-corrected chi connectivity index (χ2v) is 5.95. The average molecular weight is 255 g/mol. The number of carbonyl (C=O) groups is 1. The molecule has 0 radical (unpaired) electrons. The number of nitrogens with one attached hydrogen (secondary N) is 2. The zero-order valence-corrected chi connectivity index (χ0v) is 12.3. The lowest BCUT2D eigenvalue weighted by atomic mass is 9.99. The molecule has 0 aromatic carbocycles. The Morgan fingerprint density at radius 2 is 2.17 bits per heavy atom. The summed E-state index contributed by atoms with van der Waals surface area (Å²) >= 11 is 0. The number of carbonyl (C=O) groups excluding carboxylic acids is 1. The molecule has 0 saturated carbocycles. The average Bonchev–Trinajstić information content (AvgIpc) is 2.31. The van der Waals surface area contributed by atoms with Crippen LogP contribution in [0.3, 0.4) is 0 Å². The van der Waals surface area contributed by atoms with E-state index in [0.717, 1.165) is 19.6 Å². The van der Waals surface area contributed by atoms with Crippen molar-refractivity contribution in [3.05, 3.63) is 0 Å². The minimum atomic E-state index is 0.164. The van der Waals surface area contributed by atoms with Gasteiger partial charge in [-0.05, 0) is 39.3 Å². The molecule has 1 amide bonds. The summed E-state index contributed by atoms with van der Waals surface area (Å²) in [6.45, 7) is 9.22. The molecule has 0 aromatic heterocycles. The van der Waals surface area contributed by atoms with E-state index >= 15 is 0 Å². The molecule has 1 heterocycles. The van der Waals surface area contributed by atoms with Crippen molar-refractivity contribution in [2.75, 3.05) is 26.7 Å². The molecular formula is C14H29N3O. The lowest BCUT2D eigenvalue weighted by Crippen LogP contribution is -2.46. The third-order valence-electron chi connectivity index (χ3n) is 3.70. The van der Waals surface area contributed by atoms with Crippen LogP contribution in [0, 0.1) is 5.92 Å². The molecule has 4 heteroatoms. The second kappa shape index (κ2) is 7.74. The highest BCUT2D eigenvalue weighted by molar-refractivity contribution is 5.76. The molecular weight excluding hydrogens is 226 g/mol. The zero-order chi connectivity index (χ0) is 13.5. The van der Waals surface area contributed by atoms with Gasteiger partial charge in [-0.2, -0.15) is 0 Å². The number of nitrogens with zero attached hydrogens (tertiary/aromatic N) is 1. The minimum absolute atomic E-state index is 0.164. The van der Waals surface area contributed by atoms with Gasteiger partial charge in [-0.1, -0.05) is 13.8 Å². The van der Waals surface area contributed by atoms with Crippen molar-refractivity contribution in [2.24, 2.45) is 5.92 Å². The van der Waals surface area contributed by atoms with Gasteiger partial charge in [0.1, 0.15) is 0 Å². The smallest absolute Gasteiger partial charge is 0.221 e. The molecule has 2 unspecified atom stereocenters. The molecule has 0 aromatic rings. The quantitative estimate of drug-likeness (QED) is 0.750. The Hall–Kier alpha value is -0.610. The third-order valence-corrected chi connectivity index (χ3v) is 3.70. The van der Waals surface area contributed by atoms with Crippen molar-refractivity contribution in [1.29, 1.82) is 0 Å². The van der Waals surface area contributed by atoms with Crippen LogP contribution in [0.5, 0.6) is 0 Å². The normalized spacial score (nSPS) is 25.4. The van der Waals surface area contributed by atoms with E-state index in [9.17, 15) is 4.79 Å². The van der Waals surface area contributed by atoms with Crippen LogP contribution >= 0.6 is 0 Å². The van der Waals surface area contributed by atoms with Crippen LogP contribution < -0.4 is 10.6 Å². The van der Waals surface area contributed by atoms with Gasteiger partial charge in [0.15, 0.2) is 0 Å². The van der Waals surface area contributed by atoms with Crippen LogP contribution in [-0.2, 0) is 4.79 Å². The van der Waals surface area contributed by atoms with Gasteiger partial charge in [0.25, 0.3) is 0 Å². The standard InChI is InChI=1S/C14H29N3O/c1-11(2)10-16-14(18)5-7-15-13-6-8-17(4)12(3)9-13/h11-13,15H,5-10H2,1-4H3,(H,16,18). The number of hydrogen-bond acceptors (Lipinski definition) is 3. The summed E-state index contributed by atoms with van der Waals surface area (Å²) in [4.78, 5) is 13.9. The van der Waals surface area contributed by atoms with E-state index in [2.05, 4.69) is 43.4 Å². The summed E-state index contributed by atoms with van der Waals surface area (Å²) in [7, 11) is 2.18. The molecule has 0 bridgehead atoms. The van der Waals surface area contributed by atoms with Gasteiger partial charge in [-0.15, -0.1) is 0 Å². The lowest BCUT2D eigenvalue weighted by molar-refractivity contribution is -0.121. The van der Waals surface area contributed by atoms with Crippen molar-refractivity contribution in [3.63, 3.8) is 0 Å². The van der Waals surface area contributed by atoms with E-state index in [1.807, 2.05) is 0 Å². The molecule has 2 N–H and O–H groups in total. The largest absolute Gasteiger partial charge is 0.356 e. The Bertz CT molecular complexity index is 255. The first-order valence-corrected chi connectivity index (χ1v) is 7.19. The number of likely N-dealkylation sites (tertiary alicyclic amines) is 1. The summed E-state index contributed by atoms with van der Waals surface area (Å²) < 4.78 is 0. The molecule has 0 spiro atoms. The van der Waals surface area contributed by atoms with Crippen molar-refractivity contribution in [1.82, 2.24) is 15.5 Å². The fraction of sp³-hybridized carbons (Fsp3) is 0.929. The Balaban J connectivity index is 2.09. The van der Waals surface area contributed by atoms with E-state index in [1.54, 1.807) is 0 Å². The zero-order valence-electron chi connectivity index (χ0n) is 12.3. The lowest BCUT2D eigenvalue weighted by Gasteiger charge is -2.35. The first-order chi connectivity index (χ1) is 8.49. The molecule has 1 fully saturated rings. The van der Waals surface area contributed by atoms with Crippen LogP contribution in [0.2, 0.25) is 0 Å². The molecule has 1 aliphatic rings. The van der Waals surface area contributed by atoms with E-state index < -0.39 is 0 Å². The summed E-state index contributed by atoms with van der Waals surface area (Å²) in [6, 6.07) is 1.22. The second-order valence-electron chi connectivity index (χ2n) is 5.95. The molecule has 4 nitrogen and oxygen atoms in total. The summed E-state index contributed by atoms with van der Waals surface area (Å²) in [6.07, 6.45) is 2.96. The number of amides is 1. The maximum Gasteiger partial charge on any atom is 0.221 e. The SMILES string of the molecule is CC(C)CNC(=O)CCNC1CCN(C)C(C)C1. The highest BCUT2D eigenvalue weighted by Gasteiger charge is 2.22. The maximum atomic E-state index is 11.5. The molecule has 1 aliphatic heterocycles. The molecule has 1 rings (SSSR count). The van der Waals surface area contributed by atoms with Crippen LogP contribution in [0.15, 0.2) is 0 Å². The fourth-order valence-electron chi connectivity index (χ4n) is 2.27. The van der Waals surface area contributed by atoms with Crippen molar-refractivity contribution in [2.45, 2.75) is 52.1 Å². The van der Waals surface area contributed by atoms with E-state index in [1.165, 1.54) is 12.8 Å². The van der Waals surface area contributed by atoms with Gasteiger partial charge in [0.2, 0.25) is 5.91 Å². The van der Waals surface area contributed by atoms with Crippen molar-refractivity contribution in [3.8, 4) is 0 Å². The number of hydrogen-bond donors (Lipinski definition) is 2. The van der Waals surface area contributed by atoms with Gasteiger partial charge < -0.3 is 15.5 Å². The number of piperidine rings is 1. The first kappa shape index (κ1) is 15.4. The molecule has 2 atom stereocenters. The summed E-state index contributed by atoms with van der Waals surface area (Å²) in [5.74, 6) is 0.689. The van der Waals surface area contributed by atoms with Gasteiger partial charge in [-0.25, -0.2) is 0 Å². The topological polar surface area (TPSA) is 44.4 Å². The Morgan fingerprint density at radius 1 is 1.44 bits per heavy atom. The Kier molecular flexibility index (Phi) is 6.65. The van der Waals surface area contributed by atoms with Crippen LogP contribution in [0.4, 0.5) is 0 Å². The summed E-state index contributed by atoms with van der Waals surface area (Å²) in [5, 5.41) is 6.45. The first-order valence-electron chi connectivity index (χ1n) is 7.19. The summed E-state index contributed by atoms with van der Waals surface area (Å²) in [5.41, 5.74) is 0. The molecule has 106 valence electrons. The van der Waals surface area contributed by atoms with Crippen LogP contribution in [0.25, 0.3) is 0 Å². The van der Waals surface area contributed by atoms with Crippen LogP contribution in [0.1, 0.15) is 40.0 Å². The molecule has 0 aliphatic carbocycles. The van der Waals surface area contributed by atoms with Crippen LogP contribution in [-0.4, -0.2) is 49.6 Å². The monoisotopic (exact) mass is 255 g/mol. The van der Waals surface area contributed by atoms with Gasteiger partial charge in [0.05, 0.1) is 0 Å². The van der Waals surface area contributed by atoms with Crippen molar-refractivity contribution >= 4 is 5.91 Å². The molecule has 1 saturated heterocycles. The van der Waals surface area contributed by atoms with Gasteiger partial charge in [-0.3, -0.25) is 4.79 Å². The van der Waals surface area contributed by atoms with E-state index in [0.29, 0.717) is 24.4 Å². The van der Waals surface area contributed by atoms with E-state index in [4.69, 9.17) is 0 Å². The maximum absolute atomic E-state index is 11.5. The van der Waals surface area contributed by atoms with Gasteiger partial charge >= 0.3 is 0 Å². The van der Waals surface area contributed by atoms with Crippen molar-refractivity contribution < 1.29 is 4.79 Å². The highest BCUT2D eigenvalue weighted by Crippen LogP contribution is 2.14.